The molecule has 1 aliphatic rings. The third-order valence-electron chi connectivity index (χ3n) is 6.34. The molecule has 0 saturated heterocycles. The third kappa shape index (κ3) is 6.29. The number of benzene rings is 2. The second-order valence-electron chi connectivity index (χ2n) is 8.78. The van der Waals surface area contributed by atoms with E-state index in [1.54, 1.807) is 7.11 Å². The van der Waals surface area contributed by atoms with Crippen LogP contribution >= 0.6 is 0 Å². The fraction of sp³-hybridized carbons (Fsp3) is 0.379. The maximum atomic E-state index is 6.05. The van der Waals surface area contributed by atoms with Gasteiger partial charge in [0.2, 0.25) is 0 Å². The molecule has 0 aliphatic heterocycles. The van der Waals surface area contributed by atoms with Gasteiger partial charge in [0.25, 0.3) is 0 Å². The summed E-state index contributed by atoms with van der Waals surface area (Å²) in [6.07, 6.45) is 20.8. The van der Waals surface area contributed by atoms with Crippen molar-refractivity contribution < 1.29 is 9.47 Å². The highest BCUT2D eigenvalue weighted by Crippen LogP contribution is 2.28. The van der Waals surface area contributed by atoms with Crippen LogP contribution in [0.1, 0.15) is 62.5 Å². The molecule has 0 amide bonds. The maximum Gasteiger partial charge on any atom is 0.129 e. The molecule has 0 atom stereocenters. The second-order valence-corrected chi connectivity index (χ2v) is 8.78. The number of nitrogens with one attached hydrogen (secondary N) is 1. The Kier molecular flexibility index (Phi) is 8.08. The zero-order chi connectivity index (χ0) is 22.0. The van der Waals surface area contributed by atoms with Gasteiger partial charge in [-0.1, -0.05) is 55.7 Å². The van der Waals surface area contributed by atoms with Crippen molar-refractivity contribution in [1.82, 2.24) is 4.98 Å². The number of aromatic nitrogens is 1. The molecule has 1 aromatic heterocycles. The number of rotatable bonds is 10. The Morgan fingerprint density at radius 3 is 2.62 bits per heavy atom. The van der Waals surface area contributed by atoms with E-state index in [0.717, 1.165) is 42.9 Å². The van der Waals surface area contributed by atoms with Gasteiger partial charge in [-0.15, -0.1) is 0 Å². The molecule has 168 valence electrons. The summed E-state index contributed by atoms with van der Waals surface area (Å²) in [5.41, 5.74) is 3.53. The lowest BCUT2D eigenvalue weighted by atomic mass is 9.90. The number of hydrogen-bond acceptors (Lipinski definition) is 2. The second kappa shape index (κ2) is 11.6. The Hall–Kier alpha value is -2.94. The Morgan fingerprint density at radius 2 is 1.78 bits per heavy atom. The molecule has 1 aliphatic carbocycles. The summed E-state index contributed by atoms with van der Waals surface area (Å²) < 4.78 is 11.7. The van der Waals surface area contributed by atoms with E-state index in [1.807, 2.05) is 12.3 Å². The zero-order valence-corrected chi connectivity index (χ0v) is 19.2. The van der Waals surface area contributed by atoms with E-state index in [1.165, 1.54) is 48.6 Å². The van der Waals surface area contributed by atoms with Gasteiger partial charge in [-0.05, 0) is 73.2 Å². The Balaban J connectivity index is 1.21. The highest BCUT2D eigenvalue weighted by Gasteiger charge is 2.14. The van der Waals surface area contributed by atoms with Crippen molar-refractivity contribution in [2.75, 3.05) is 13.7 Å². The lowest BCUT2D eigenvalue weighted by Crippen LogP contribution is -2.15. The largest absolute Gasteiger partial charge is 0.496 e. The predicted octanol–water partition coefficient (Wildman–Crippen LogP) is 8.03. The standard InChI is InChI=1S/C29H35NO2/c1-31-29-21-27(32-22-24-11-7-5-8-12-24)17-16-26(29)13-9-4-2-3-6-10-23-14-15-25-18-19-30-28(25)20-23/h6,9-10,13-21,24,30H,2-5,7-8,11-12,22H2,1H3/b10-6+,13-9+. The number of fused-ring (bicyclic) bond motifs is 1. The van der Waals surface area contributed by atoms with Gasteiger partial charge in [0.05, 0.1) is 13.7 Å². The minimum Gasteiger partial charge on any atom is -0.496 e. The molecule has 0 spiro atoms. The summed E-state index contributed by atoms with van der Waals surface area (Å²) in [6, 6.07) is 14.8. The maximum absolute atomic E-state index is 6.05. The summed E-state index contributed by atoms with van der Waals surface area (Å²) in [6.45, 7) is 0.824. The van der Waals surface area contributed by atoms with Gasteiger partial charge in [0.15, 0.2) is 0 Å². The molecule has 1 saturated carbocycles. The van der Waals surface area contributed by atoms with Crippen molar-refractivity contribution in [1.29, 1.82) is 0 Å². The van der Waals surface area contributed by atoms with E-state index < -0.39 is 0 Å². The lowest BCUT2D eigenvalue weighted by molar-refractivity contribution is 0.208. The fourth-order valence-electron chi connectivity index (χ4n) is 4.44. The van der Waals surface area contributed by atoms with Gasteiger partial charge in [-0.3, -0.25) is 0 Å². The van der Waals surface area contributed by atoms with E-state index in [9.17, 15) is 0 Å². The van der Waals surface area contributed by atoms with Crippen LogP contribution in [0, 0.1) is 5.92 Å². The van der Waals surface area contributed by atoms with Crippen LogP contribution < -0.4 is 9.47 Å². The fourth-order valence-corrected chi connectivity index (χ4v) is 4.44. The van der Waals surface area contributed by atoms with Gasteiger partial charge < -0.3 is 14.5 Å². The highest BCUT2D eigenvalue weighted by atomic mass is 16.5. The van der Waals surface area contributed by atoms with E-state index >= 15 is 0 Å². The number of unbranched alkanes of at least 4 members (excludes halogenated alkanes) is 2. The Bertz CT molecular complexity index is 1040. The molecule has 1 N–H and O–H groups in total. The number of hydrogen-bond donors (Lipinski definition) is 1. The molecule has 0 radical (unpaired) electrons. The number of ether oxygens (including phenoxy) is 2. The molecule has 3 aromatic rings. The summed E-state index contributed by atoms with van der Waals surface area (Å²) >= 11 is 0. The first-order chi connectivity index (χ1) is 15.8. The number of allylic oxidation sites excluding steroid dienone is 2. The molecule has 4 rings (SSSR count). The highest BCUT2D eigenvalue weighted by molar-refractivity contribution is 5.81. The monoisotopic (exact) mass is 429 g/mol. The van der Waals surface area contributed by atoms with Crippen molar-refractivity contribution >= 4 is 23.1 Å². The molecular weight excluding hydrogens is 394 g/mol. The molecular formula is C29H35NO2. The Labute approximate surface area is 192 Å². The van der Waals surface area contributed by atoms with Gasteiger partial charge >= 0.3 is 0 Å². The van der Waals surface area contributed by atoms with Crippen LogP contribution in [-0.2, 0) is 0 Å². The predicted molar refractivity (Wildman–Crippen MR) is 135 cm³/mol. The molecule has 3 nitrogen and oxygen atoms in total. The van der Waals surface area contributed by atoms with Crippen LogP contribution in [0.2, 0.25) is 0 Å². The van der Waals surface area contributed by atoms with Gasteiger partial charge in [-0.25, -0.2) is 0 Å². The molecule has 3 heteroatoms. The summed E-state index contributed by atoms with van der Waals surface area (Å²) in [7, 11) is 1.73. The van der Waals surface area contributed by atoms with Gasteiger partial charge in [0.1, 0.15) is 11.5 Å². The van der Waals surface area contributed by atoms with Crippen LogP contribution in [0.5, 0.6) is 11.5 Å². The summed E-state index contributed by atoms with van der Waals surface area (Å²) in [5.74, 6) is 2.49. The minimum atomic E-state index is 0.708. The number of aromatic amines is 1. The minimum absolute atomic E-state index is 0.708. The van der Waals surface area contributed by atoms with Crippen molar-refractivity contribution in [3.8, 4) is 11.5 Å². The van der Waals surface area contributed by atoms with Crippen molar-refractivity contribution in [3.05, 3.63) is 71.9 Å². The lowest BCUT2D eigenvalue weighted by Gasteiger charge is -2.21. The number of H-pyrrole nitrogens is 1. The quantitative estimate of drug-likeness (QED) is 0.331. The summed E-state index contributed by atoms with van der Waals surface area (Å²) in [4.78, 5) is 3.27. The SMILES string of the molecule is COc1cc(OCC2CCCCC2)ccc1/C=C/CCC/C=C/c1ccc2cc[nH]c2c1. The first kappa shape index (κ1) is 22.3. The smallest absolute Gasteiger partial charge is 0.129 e. The first-order valence-corrected chi connectivity index (χ1v) is 12.0. The normalized spacial score (nSPS) is 15.2. The number of methoxy groups -OCH3 is 1. The average molecular weight is 430 g/mol. The Morgan fingerprint density at radius 1 is 0.938 bits per heavy atom. The van der Waals surface area contributed by atoms with Crippen LogP contribution in [0.15, 0.2) is 60.8 Å². The topological polar surface area (TPSA) is 34.2 Å². The van der Waals surface area contributed by atoms with Crippen molar-refractivity contribution in [3.63, 3.8) is 0 Å². The molecule has 0 unspecified atom stereocenters. The molecule has 1 fully saturated rings. The van der Waals surface area contributed by atoms with Crippen LogP contribution in [0.3, 0.4) is 0 Å². The van der Waals surface area contributed by atoms with E-state index in [0.29, 0.717) is 5.92 Å². The molecule has 32 heavy (non-hydrogen) atoms. The molecule has 1 heterocycles. The van der Waals surface area contributed by atoms with Crippen LogP contribution in [0.25, 0.3) is 23.1 Å². The zero-order valence-electron chi connectivity index (χ0n) is 19.2. The van der Waals surface area contributed by atoms with E-state index in [2.05, 4.69) is 65.7 Å². The van der Waals surface area contributed by atoms with Crippen molar-refractivity contribution in [2.45, 2.75) is 51.4 Å². The van der Waals surface area contributed by atoms with Gasteiger partial charge in [0, 0.05) is 23.3 Å². The van der Waals surface area contributed by atoms with Crippen molar-refractivity contribution in [2.24, 2.45) is 5.92 Å². The summed E-state index contributed by atoms with van der Waals surface area (Å²) in [5, 5.41) is 1.26. The van der Waals surface area contributed by atoms with E-state index in [-0.39, 0.29) is 0 Å². The molecule has 0 bridgehead atoms. The molecule has 2 aromatic carbocycles. The third-order valence-corrected chi connectivity index (χ3v) is 6.34. The van der Waals surface area contributed by atoms with Crippen LogP contribution in [-0.4, -0.2) is 18.7 Å². The average Bonchev–Trinajstić information content (AvgIpc) is 3.31. The van der Waals surface area contributed by atoms with Crippen LogP contribution in [0.4, 0.5) is 0 Å². The van der Waals surface area contributed by atoms with E-state index in [4.69, 9.17) is 9.47 Å². The first-order valence-electron chi connectivity index (χ1n) is 12.0. The van der Waals surface area contributed by atoms with Gasteiger partial charge in [-0.2, -0.15) is 0 Å².